The maximum Gasteiger partial charge on any atom is 0.303 e. The lowest BCUT2D eigenvalue weighted by atomic mass is 9.78. The summed E-state index contributed by atoms with van der Waals surface area (Å²) in [6.45, 7) is 4.77. The van der Waals surface area contributed by atoms with Gasteiger partial charge in [-0.05, 0) is 44.9 Å². The minimum atomic E-state index is -0.759. The van der Waals surface area contributed by atoms with Crippen LogP contribution < -0.4 is 5.32 Å². The lowest BCUT2D eigenvalue weighted by Crippen LogP contribution is -2.46. The monoisotopic (exact) mass is 257 g/mol. The molecular weight excluding hydrogens is 230 g/mol. The van der Waals surface area contributed by atoms with Crippen molar-refractivity contribution in [3.63, 3.8) is 0 Å². The van der Waals surface area contributed by atoms with Gasteiger partial charge in [-0.1, -0.05) is 13.3 Å². The Hall–Kier alpha value is -0.610. The number of hydrogen-bond donors (Lipinski definition) is 3. The van der Waals surface area contributed by atoms with Crippen LogP contribution in [0, 0.1) is 5.92 Å². The summed E-state index contributed by atoms with van der Waals surface area (Å²) in [5, 5.41) is 22.3. The summed E-state index contributed by atoms with van der Waals surface area (Å²) in [7, 11) is 0. The Morgan fingerprint density at radius 2 is 2.06 bits per heavy atom. The quantitative estimate of drug-likeness (QED) is 0.653. The van der Waals surface area contributed by atoms with E-state index in [-0.39, 0.29) is 12.5 Å². The minimum Gasteiger partial charge on any atom is -0.481 e. The molecule has 0 heterocycles. The van der Waals surface area contributed by atoms with E-state index in [1.54, 1.807) is 0 Å². The van der Waals surface area contributed by atoms with Crippen molar-refractivity contribution in [3.05, 3.63) is 0 Å². The van der Waals surface area contributed by atoms with Gasteiger partial charge < -0.3 is 15.5 Å². The van der Waals surface area contributed by atoms with Crippen molar-refractivity contribution >= 4 is 5.97 Å². The van der Waals surface area contributed by atoms with Crippen molar-refractivity contribution in [2.45, 2.75) is 70.4 Å². The topological polar surface area (TPSA) is 69.6 Å². The fourth-order valence-corrected chi connectivity index (χ4v) is 2.61. The zero-order chi connectivity index (χ0) is 13.6. The van der Waals surface area contributed by atoms with Gasteiger partial charge in [0.15, 0.2) is 0 Å². The van der Waals surface area contributed by atoms with E-state index in [4.69, 9.17) is 5.11 Å². The number of carboxylic acid groups (broad SMARTS) is 1. The van der Waals surface area contributed by atoms with Crippen molar-refractivity contribution in [1.29, 1.82) is 0 Å². The van der Waals surface area contributed by atoms with Crippen LogP contribution in [0.5, 0.6) is 0 Å². The van der Waals surface area contributed by atoms with Gasteiger partial charge in [0, 0.05) is 19.0 Å². The summed E-state index contributed by atoms with van der Waals surface area (Å²) in [4.78, 5) is 10.5. The van der Waals surface area contributed by atoms with Crippen LogP contribution >= 0.6 is 0 Å². The highest BCUT2D eigenvalue weighted by molar-refractivity contribution is 5.66. The first-order valence-corrected chi connectivity index (χ1v) is 7.13. The van der Waals surface area contributed by atoms with Crippen LogP contribution in [0.1, 0.15) is 58.8 Å². The molecule has 18 heavy (non-hydrogen) atoms. The van der Waals surface area contributed by atoms with Gasteiger partial charge >= 0.3 is 5.97 Å². The fourth-order valence-electron chi connectivity index (χ4n) is 2.61. The van der Waals surface area contributed by atoms with E-state index in [0.717, 1.165) is 31.6 Å². The van der Waals surface area contributed by atoms with Crippen LogP contribution in [0.25, 0.3) is 0 Å². The first kappa shape index (κ1) is 15.4. The number of nitrogens with one attached hydrogen (secondary N) is 1. The molecule has 0 aliphatic heterocycles. The third-order valence-electron chi connectivity index (χ3n) is 4.18. The molecule has 1 rings (SSSR count). The molecule has 0 bridgehead atoms. The molecule has 1 aliphatic rings. The van der Waals surface area contributed by atoms with E-state index in [9.17, 15) is 9.90 Å². The minimum absolute atomic E-state index is 0.147. The predicted octanol–water partition coefficient (Wildman–Crippen LogP) is 2.16. The summed E-state index contributed by atoms with van der Waals surface area (Å²) in [5.41, 5.74) is -0.580. The van der Waals surface area contributed by atoms with Crippen molar-refractivity contribution in [2.75, 3.05) is 6.54 Å². The van der Waals surface area contributed by atoms with E-state index in [1.165, 1.54) is 6.42 Å². The van der Waals surface area contributed by atoms with E-state index in [1.807, 2.05) is 6.92 Å². The Bertz CT molecular complexity index is 260. The van der Waals surface area contributed by atoms with Crippen LogP contribution in [0.4, 0.5) is 0 Å². The van der Waals surface area contributed by atoms with Gasteiger partial charge in [-0.15, -0.1) is 0 Å². The van der Waals surface area contributed by atoms with E-state index in [2.05, 4.69) is 12.2 Å². The molecule has 1 fully saturated rings. The maximum atomic E-state index is 10.5. The molecule has 0 aromatic heterocycles. The van der Waals surface area contributed by atoms with Gasteiger partial charge in [0.1, 0.15) is 0 Å². The zero-order valence-corrected chi connectivity index (χ0v) is 11.6. The number of rotatable bonds is 7. The lowest BCUT2D eigenvalue weighted by Gasteiger charge is -2.36. The molecule has 0 aromatic carbocycles. The van der Waals surface area contributed by atoms with Gasteiger partial charge in [0.25, 0.3) is 0 Å². The molecule has 106 valence electrons. The number of aliphatic hydroxyl groups is 1. The molecule has 4 nitrogen and oxygen atoms in total. The summed E-state index contributed by atoms with van der Waals surface area (Å²) in [6.07, 6.45) is 5.96. The molecule has 1 atom stereocenters. The van der Waals surface area contributed by atoms with Crippen molar-refractivity contribution < 1.29 is 15.0 Å². The molecular formula is C14H27NO3. The van der Waals surface area contributed by atoms with Crippen molar-refractivity contribution in [2.24, 2.45) is 5.92 Å². The first-order valence-electron chi connectivity index (χ1n) is 7.13. The molecule has 0 spiro atoms. The Morgan fingerprint density at radius 1 is 1.44 bits per heavy atom. The first-order chi connectivity index (χ1) is 8.45. The number of hydrogen-bond acceptors (Lipinski definition) is 3. The smallest absolute Gasteiger partial charge is 0.303 e. The molecule has 0 radical (unpaired) electrons. The Morgan fingerprint density at radius 3 is 2.56 bits per heavy atom. The van der Waals surface area contributed by atoms with Crippen LogP contribution in [-0.4, -0.2) is 34.4 Å². The highest BCUT2D eigenvalue weighted by Crippen LogP contribution is 2.33. The van der Waals surface area contributed by atoms with E-state index >= 15 is 0 Å². The molecule has 1 aliphatic carbocycles. The highest BCUT2D eigenvalue weighted by Gasteiger charge is 2.32. The normalized spacial score (nSPS) is 30.1. The lowest BCUT2D eigenvalue weighted by molar-refractivity contribution is -0.137. The maximum absolute atomic E-state index is 10.5. The van der Waals surface area contributed by atoms with E-state index in [0.29, 0.717) is 13.0 Å². The van der Waals surface area contributed by atoms with Crippen LogP contribution in [0.15, 0.2) is 0 Å². The summed E-state index contributed by atoms with van der Waals surface area (Å²) in [5.74, 6) is 0.0144. The SMILES string of the molecule is CCC1CCC(O)(CNC(C)CCC(=O)O)CC1. The number of carbonyl (C=O) groups is 1. The number of carboxylic acids is 1. The third kappa shape index (κ3) is 5.36. The summed E-state index contributed by atoms with van der Waals surface area (Å²) >= 11 is 0. The van der Waals surface area contributed by atoms with Gasteiger partial charge in [-0.2, -0.15) is 0 Å². The fraction of sp³-hybridized carbons (Fsp3) is 0.929. The van der Waals surface area contributed by atoms with Crippen molar-refractivity contribution in [3.8, 4) is 0 Å². The second-order valence-electron chi connectivity index (χ2n) is 5.79. The Balaban J connectivity index is 2.23. The molecule has 4 heteroatoms. The third-order valence-corrected chi connectivity index (χ3v) is 4.18. The molecule has 0 saturated heterocycles. The second kappa shape index (κ2) is 7.10. The molecule has 3 N–H and O–H groups in total. The van der Waals surface area contributed by atoms with Gasteiger partial charge in [0.05, 0.1) is 5.60 Å². The predicted molar refractivity (Wildman–Crippen MR) is 71.5 cm³/mol. The Labute approximate surface area is 110 Å². The van der Waals surface area contributed by atoms with Crippen LogP contribution in [0.3, 0.4) is 0 Å². The summed E-state index contributed by atoms with van der Waals surface area (Å²) < 4.78 is 0. The highest BCUT2D eigenvalue weighted by atomic mass is 16.4. The van der Waals surface area contributed by atoms with Gasteiger partial charge in [-0.25, -0.2) is 0 Å². The van der Waals surface area contributed by atoms with Gasteiger partial charge in [0.2, 0.25) is 0 Å². The molecule has 1 unspecified atom stereocenters. The van der Waals surface area contributed by atoms with Gasteiger partial charge in [-0.3, -0.25) is 4.79 Å². The largest absolute Gasteiger partial charge is 0.481 e. The number of aliphatic carboxylic acids is 1. The second-order valence-corrected chi connectivity index (χ2v) is 5.79. The average Bonchev–Trinajstić information content (AvgIpc) is 2.35. The van der Waals surface area contributed by atoms with Crippen LogP contribution in [0.2, 0.25) is 0 Å². The van der Waals surface area contributed by atoms with Crippen LogP contribution in [-0.2, 0) is 4.79 Å². The molecule has 0 aromatic rings. The zero-order valence-electron chi connectivity index (χ0n) is 11.6. The van der Waals surface area contributed by atoms with E-state index < -0.39 is 11.6 Å². The standard InChI is InChI=1S/C14H27NO3/c1-3-12-6-8-14(18,9-7-12)10-15-11(2)4-5-13(16)17/h11-12,15,18H,3-10H2,1-2H3,(H,16,17). The molecule has 1 saturated carbocycles. The summed E-state index contributed by atoms with van der Waals surface area (Å²) in [6, 6.07) is 0.147. The van der Waals surface area contributed by atoms with Crippen molar-refractivity contribution in [1.82, 2.24) is 5.32 Å². The molecule has 0 amide bonds. The Kier molecular flexibility index (Phi) is 6.09. The average molecular weight is 257 g/mol.